The predicted octanol–water partition coefficient (Wildman–Crippen LogP) is 2.17. The lowest BCUT2D eigenvalue weighted by atomic mass is 9.98. The molecule has 1 heterocycles. The fourth-order valence-electron chi connectivity index (χ4n) is 2.55. The molecule has 1 aliphatic heterocycles. The molecule has 0 saturated carbocycles. The highest BCUT2D eigenvalue weighted by Crippen LogP contribution is 2.19. The lowest BCUT2D eigenvalue weighted by Crippen LogP contribution is -2.54. The van der Waals surface area contributed by atoms with Crippen molar-refractivity contribution in [1.82, 2.24) is 15.5 Å². The summed E-state index contributed by atoms with van der Waals surface area (Å²) in [5.74, 6) is 2.12. The van der Waals surface area contributed by atoms with Crippen molar-refractivity contribution in [2.75, 3.05) is 45.2 Å². The number of nitrogens with one attached hydrogen (secondary N) is 2. The molecular weight excluding hydrogens is 268 g/mol. The summed E-state index contributed by atoms with van der Waals surface area (Å²) in [7, 11) is 1.85. The van der Waals surface area contributed by atoms with Crippen LogP contribution >= 0.6 is 11.8 Å². The monoisotopic (exact) mass is 300 g/mol. The van der Waals surface area contributed by atoms with Crippen LogP contribution in [0.1, 0.15) is 39.5 Å². The molecule has 0 spiro atoms. The number of likely N-dealkylation sites (tertiary alicyclic amines) is 1. The standard InChI is InChI=1S/C15H32N4S/c1-15(2,19-10-6-5-7-11-19)13-18-14(16-3)17-9-8-12-20-4/h5-13H2,1-4H3,(H2,16,17,18). The van der Waals surface area contributed by atoms with E-state index in [1.807, 2.05) is 18.8 Å². The first-order valence-electron chi connectivity index (χ1n) is 7.78. The van der Waals surface area contributed by atoms with Crippen LogP contribution in [-0.4, -0.2) is 61.6 Å². The Bertz CT molecular complexity index is 286. The Balaban J connectivity index is 2.30. The number of guanidine groups is 1. The van der Waals surface area contributed by atoms with Crippen LogP contribution in [0.5, 0.6) is 0 Å². The second kappa shape index (κ2) is 9.50. The minimum Gasteiger partial charge on any atom is -0.356 e. The van der Waals surface area contributed by atoms with Crippen LogP contribution in [0.4, 0.5) is 0 Å². The highest BCUT2D eigenvalue weighted by atomic mass is 32.2. The van der Waals surface area contributed by atoms with E-state index in [0.29, 0.717) is 0 Å². The van der Waals surface area contributed by atoms with Crippen molar-refractivity contribution in [3.63, 3.8) is 0 Å². The van der Waals surface area contributed by atoms with Gasteiger partial charge in [0, 0.05) is 25.7 Å². The van der Waals surface area contributed by atoms with Gasteiger partial charge in [0.2, 0.25) is 0 Å². The lowest BCUT2D eigenvalue weighted by molar-refractivity contribution is 0.0982. The molecule has 4 nitrogen and oxygen atoms in total. The zero-order chi connectivity index (χ0) is 14.8. The maximum Gasteiger partial charge on any atom is 0.191 e. The molecule has 0 bridgehead atoms. The molecule has 2 N–H and O–H groups in total. The zero-order valence-corrected chi connectivity index (χ0v) is 14.5. The Labute approximate surface area is 129 Å². The van der Waals surface area contributed by atoms with Crippen LogP contribution in [0.15, 0.2) is 4.99 Å². The zero-order valence-electron chi connectivity index (χ0n) is 13.7. The van der Waals surface area contributed by atoms with E-state index in [1.165, 1.54) is 44.5 Å². The van der Waals surface area contributed by atoms with Crippen LogP contribution in [0.3, 0.4) is 0 Å². The summed E-state index contributed by atoms with van der Waals surface area (Å²) < 4.78 is 0. The second-order valence-electron chi connectivity index (χ2n) is 6.06. The first kappa shape index (κ1) is 17.6. The highest BCUT2D eigenvalue weighted by molar-refractivity contribution is 7.98. The van der Waals surface area contributed by atoms with E-state index in [4.69, 9.17) is 0 Å². The molecule has 118 valence electrons. The minimum atomic E-state index is 0.192. The van der Waals surface area contributed by atoms with Crippen molar-refractivity contribution in [2.24, 2.45) is 4.99 Å². The van der Waals surface area contributed by atoms with Gasteiger partial charge in [-0.05, 0) is 58.2 Å². The number of hydrogen-bond acceptors (Lipinski definition) is 3. The highest BCUT2D eigenvalue weighted by Gasteiger charge is 2.27. The quantitative estimate of drug-likeness (QED) is 0.429. The summed E-state index contributed by atoms with van der Waals surface area (Å²) in [4.78, 5) is 6.90. The summed E-state index contributed by atoms with van der Waals surface area (Å²) in [6, 6.07) is 0. The number of thioether (sulfide) groups is 1. The van der Waals surface area contributed by atoms with E-state index < -0.39 is 0 Å². The fourth-order valence-corrected chi connectivity index (χ4v) is 2.99. The van der Waals surface area contributed by atoms with E-state index in [-0.39, 0.29) is 5.54 Å². The molecule has 0 atom stereocenters. The van der Waals surface area contributed by atoms with Crippen molar-refractivity contribution < 1.29 is 0 Å². The number of hydrogen-bond donors (Lipinski definition) is 2. The third-order valence-electron chi connectivity index (χ3n) is 3.94. The summed E-state index contributed by atoms with van der Waals surface area (Å²) in [5.41, 5.74) is 0.192. The molecule has 20 heavy (non-hydrogen) atoms. The van der Waals surface area contributed by atoms with E-state index in [1.54, 1.807) is 0 Å². The lowest BCUT2D eigenvalue weighted by Gasteiger charge is -2.41. The SMILES string of the molecule is CN=C(NCCCSC)NCC(C)(C)N1CCCCC1. The van der Waals surface area contributed by atoms with Crippen molar-refractivity contribution >= 4 is 17.7 Å². The Hall–Kier alpha value is -0.420. The summed E-state index contributed by atoms with van der Waals surface area (Å²) in [6.45, 7) is 9.04. The normalized spacial score (nSPS) is 18.1. The van der Waals surface area contributed by atoms with Crippen molar-refractivity contribution in [2.45, 2.75) is 45.1 Å². The summed E-state index contributed by atoms with van der Waals surface area (Å²) in [5, 5.41) is 6.86. The molecule has 1 rings (SSSR count). The Morgan fingerprint density at radius 1 is 1.20 bits per heavy atom. The molecule has 1 fully saturated rings. The maximum absolute atomic E-state index is 4.30. The summed E-state index contributed by atoms with van der Waals surface area (Å²) in [6.07, 6.45) is 7.39. The first-order chi connectivity index (χ1) is 9.60. The third kappa shape index (κ3) is 6.35. The van der Waals surface area contributed by atoms with Crippen LogP contribution in [0.25, 0.3) is 0 Å². The number of nitrogens with zero attached hydrogens (tertiary/aromatic N) is 2. The van der Waals surface area contributed by atoms with Gasteiger partial charge in [-0.25, -0.2) is 0 Å². The molecule has 0 radical (unpaired) electrons. The number of aliphatic imine (C=N–C) groups is 1. The van der Waals surface area contributed by atoms with Crippen LogP contribution in [0.2, 0.25) is 0 Å². The third-order valence-corrected chi connectivity index (χ3v) is 4.64. The molecule has 0 aliphatic carbocycles. The van der Waals surface area contributed by atoms with E-state index in [2.05, 4.69) is 40.6 Å². The molecule has 0 aromatic carbocycles. The number of rotatable bonds is 7. The molecule has 1 aliphatic rings. The Morgan fingerprint density at radius 3 is 2.50 bits per heavy atom. The van der Waals surface area contributed by atoms with Gasteiger partial charge in [-0.3, -0.25) is 9.89 Å². The molecule has 5 heteroatoms. The topological polar surface area (TPSA) is 39.7 Å². The van der Waals surface area contributed by atoms with Gasteiger partial charge in [0.15, 0.2) is 5.96 Å². The van der Waals surface area contributed by atoms with Gasteiger partial charge in [0.25, 0.3) is 0 Å². The van der Waals surface area contributed by atoms with Gasteiger partial charge in [0.1, 0.15) is 0 Å². The first-order valence-corrected chi connectivity index (χ1v) is 9.18. The van der Waals surface area contributed by atoms with Gasteiger partial charge >= 0.3 is 0 Å². The smallest absolute Gasteiger partial charge is 0.191 e. The second-order valence-corrected chi connectivity index (χ2v) is 7.04. The fraction of sp³-hybridized carbons (Fsp3) is 0.933. The van der Waals surface area contributed by atoms with Crippen molar-refractivity contribution in [3.8, 4) is 0 Å². The number of piperidine rings is 1. The van der Waals surface area contributed by atoms with E-state index in [0.717, 1.165) is 19.0 Å². The molecule has 0 amide bonds. The van der Waals surface area contributed by atoms with E-state index in [9.17, 15) is 0 Å². The minimum absolute atomic E-state index is 0.192. The predicted molar refractivity (Wildman–Crippen MR) is 91.9 cm³/mol. The van der Waals surface area contributed by atoms with Gasteiger partial charge < -0.3 is 10.6 Å². The van der Waals surface area contributed by atoms with Crippen molar-refractivity contribution in [1.29, 1.82) is 0 Å². The molecule has 0 aromatic rings. The molecular formula is C15H32N4S. The molecule has 0 aromatic heterocycles. The largest absolute Gasteiger partial charge is 0.356 e. The van der Waals surface area contributed by atoms with Crippen molar-refractivity contribution in [3.05, 3.63) is 0 Å². The summed E-state index contributed by atoms with van der Waals surface area (Å²) >= 11 is 1.89. The van der Waals surface area contributed by atoms with Crippen LogP contribution in [-0.2, 0) is 0 Å². The molecule has 1 saturated heterocycles. The molecule has 0 unspecified atom stereocenters. The van der Waals surface area contributed by atoms with Gasteiger partial charge in [-0.2, -0.15) is 11.8 Å². The average Bonchev–Trinajstić information content (AvgIpc) is 2.47. The van der Waals surface area contributed by atoms with Gasteiger partial charge in [-0.15, -0.1) is 0 Å². The van der Waals surface area contributed by atoms with Gasteiger partial charge in [0.05, 0.1) is 0 Å². The van der Waals surface area contributed by atoms with E-state index >= 15 is 0 Å². The maximum atomic E-state index is 4.30. The Morgan fingerprint density at radius 2 is 1.90 bits per heavy atom. The van der Waals surface area contributed by atoms with Gasteiger partial charge in [-0.1, -0.05) is 6.42 Å². The van der Waals surface area contributed by atoms with Crippen LogP contribution in [0, 0.1) is 0 Å². The Kier molecular flexibility index (Phi) is 8.38. The van der Waals surface area contributed by atoms with Crippen LogP contribution < -0.4 is 10.6 Å². The average molecular weight is 301 g/mol.